The lowest BCUT2D eigenvalue weighted by molar-refractivity contribution is -0.115. The number of nitrogens with zero attached hydrogens (tertiary/aromatic N) is 1. The van der Waals surface area contributed by atoms with Gasteiger partial charge < -0.3 is 15.2 Å². The molecule has 1 aromatic heterocycles. The molecular weight excluding hydrogens is 503 g/mol. The second-order valence-corrected chi connectivity index (χ2v) is 13.6. The van der Waals surface area contributed by atoms with Crippen molar-refractivity contribution in [2.75, 3.05) is 17.8 Å². The number of halogens is 4. The van der Waals surface area contributed by atoms with Crippen LogP contribution < -0.4 is 16.2 Å². The minimum atomic E-state index is -2.85. The lowest BCUT2D eigenvalue weighted by Crippen LogP contribution is -2.31. The van der Waals surface area contributed by atoms with Crippen molar-refractivity contribution in [3.8, 4) is 11.8 Å². The third-order valence-corrected chi connectivity index (χ3v) is 11.3. The summed E-state index contributed by atoms with van der Waals surface area (Å²) in [5, 5.41) is 4.81. The first-order valence-electron chi connectivity index (χ1n) is 10.7. The van der Waals surface area contributed by atoms with E-state index in [0.29, 0.717) is 23.1 Å². The summed E-state index contributed by atoms with van der Waals surface area (Å²) >= 11 is 6.75. The molecule has 2 amide bonds. The van der Waals surface area contributed by atoms with Crippen LogP contribution in [-0.2, 0) is 17.9 Å². The Bertz CT molecular complexity index is 1320. The van der Waals surface area contributed by atoms with Gasteiger partial charge in [-0.1, -0.05) is 17.9 Å². The van der Waals surface area contributed by atoms with Crippen molar-refractivity contribution in [1.29, 1.82) is 0 Å². The Kier molecular flexibility index (Phi) is 6.93. The molecule has 11 heteroatoms. The number of hydrogen-bond donors (Lipinski definition) is 2. The number of anilines is 1. The fraction of sp³-hybridized carbons (Fsp3) is 0.375. The first kappa shape index (κ1) is 25.2. The number of alkyl halides is 3. The van der Waals surface area contributed by atoms with E-state index in [1.807, 2.05) is 18.6 Å². The number of rotatable bonds is 4. The van der Waals surface area contributed by atoms with E-state index < -0.39 is 50.2 Å². The molecule has 3 unspecified atom stereocenters. The van der Waals surface area contributed by atoms with Crippen molar-refractivity contribution < 1.29 is 22.8 Å². The Morgan fingerprint density at radius 2 is 2.09 bits per heavy atom. The first-order chi connectivity index (χ1) is 16.5. The number of nitrogens with one attached hydrogen (secondary N) is 2. The SMILES string of the molecule is CS1(C)C(C(=O)Nc2cc(F)c(=O)n(CC(F)F)c2)CC(C#Cc2cccc3c2CNC3=O)C1Cl. The van der Waals surface area contributed by atoms with Gasteiger partial charge in [0.1, 0.15) is 0 Å². The molecule has 0 saturated carbocycles. The Balaban J connectivity index is 1.54. The molecule has 35 heavy (non-hydrogen) atoms. The van der Waals surface area contributed by atoms with E-state index in [2.05, 4.69) is 22.5 Å². The van der Waals surface area contributed by atoms with Gasteiger partial charge in [0.15, 0.2) is 5.82 Å². The number of carbonyl (C=O) groups is 2. The average molecular weight is 526 g/mol. The predicted octanol–water partition coefficient (Wildman–Crippen LogP) is 3.50. The maximum Gasteiger partial charge on any atom is 0.286 e. The minimum Gasteiger partial charge on any atom is -0.348 e. The van der Waals surface area contributed by atoms with Crippen molar-refractivity contribution in [2.45, 2.75) is 35.9 Å². The van der Waals surface area contributed by atoms with Crippen LogP contribution in [0.25, 0.3) is 0 Å². The molecule has 0 aliphatic carbocycles. The summed E-state index contributed by atoms with van der Waals surface area (Å²) in [6.07, 6.45) is 2.34. The number of amides is 2. The van der Waals surface area contributed by atoms with Gasteiger partial charge in [-0.05, 0) is 36.6 Å². The van der Waals surface area contributed by atoms with E-state index in [-0.39, 0.29) is 17.5 Å². The highest BCUT2D eigenvalue weighted by atomic mass is 35.5. The Hall–Kier alpha value is -2.90. The zero-order valence-corrected chi connectivity index (χ0v) is 20.5. The van der Waals surface area contributed by atoms with Crippen molar-refractivity contribution in [1.82, 2.24) is 9.88 Å². The molecule has 2 aromatic rings. The number of benzene rings is 1. The molecule has 1 fully saturated rings. The molecule has 3 heterocycles. The molecule has 2 aliphatic heterocycles. The summed E-state index contributed by atoms with van der Waals surface area (Å²) in [5.74, 6) is 4.19. The summed E-state index contributed by atoms with van der Waals surface area (Å²) in [5.41, 5.74) is 0.878. The van der Waals surface area contributed by atoms with Crippen molar-refractivity contribution >= 4 is 39.1 Å². The molecule has 0 spiro atoms. The zero-order chi connectivity index (χ0) is 25.5. The first-order valence-corrected chi connectivity index (χ1v) is 13.8. The fourth-order valence-electron chi connectivity index (χ4n) is 4.39. The quantitative estimate of drug-likeness (QED) is 0.473. The normalized spacial score (nSPS) is 23.3. The number of fused-ring (bicyclic) bond motifs is 1. The average Bonchev–Trinajstić information content (AvgIpc) is 3.27. The predicted molar refractivity (Wildman–Crippen MR) is 131 cm³/mol. The summed E-state index contributed by atoms with van der Waals surface area (Å²) in [6, 6.07) is 6.15. The molecule has 2 aliphatic rings. The third-order valence-electron chi connectivity index (χ3n) is 6.27. The van der Waals surface area contributed by atoms with Crippen LogP contribution in [0.1, 0.15) is 27.9 Å². The van der Waals surface area contributed by atoms with E-state index in [0.717, 1.165) is 23.4 Å². The summed E-state index contributed by atoms with van der Waals surface area (Å²) < 4.78 is 39.6. The Morgan fingerprint density at radius 3 is 2.80 bits per heavy atom. The monoisotopic (exact) mass is 525 g/mol. The molecule has 186 valence electrons. The Labute approximate surface area is 206 Å². The number of pyridine rings is 1. The third kappa shape index (κ3) is 4.93. The zero-order valence-electron chi connectivity index (χ0n) is 18.9. The maximum absolute atomic E-state index is 14.0. The van der Waals surface area contributed by atoms with Crippen molar-refractivity contribution in [3.05, 3.63) is 63.3 Å². The van der Waals surface area contributed by atoms with Crippen LogP contribution >= 0.6 is 21.6 Å². The molecule has 3 atom stereocenters. The van der Waals surface area contributed by atoms with Gasteiger partial charge in [0.05, 0.1) is 22.2 Å². The van der Waals surface area contributed by atoms with E-state index >= 15 is 0 Å². The van der Waals surface area contributed by atoms with Gasteiger partial charge in [0.25, 0.3) is 17.9 Å². The molecule has 1 aromatic carbocycles. The van der Waals surface area contributed by atoms with E-state index in [1.165, 1.54) is 0 Å². The van der Waals surface area contributed by atoms with Gasteiger partial charge in [-0.3, -0.25) is 14.4 Å². The van der Waals surface area contributed by atoms with Crippen LogP contribution in [0.4, 0.5) is 18.9 Å². The fourth-order valence-corrected chi connectivity index (χ4v) is 7.58. The molecule has 2 N–H and O–H groups in total. The summed E-state index contributed by atoms with van der Waals surface area (Å²) in [7, 11) is -1.70. The standard InChI is InChI=1S/C24H23ClF3N3O3S/c1-35(2)19(23(33)30-15-9-18(26)24(34)31(11-15)12-20(27)28)8-14(21(35)25)7-6-13-4-3-5-16-17(13)10-29-22(16)32/h3-5,9,11,14,19-21H,8,10,12H2,1-2H3,(H,29,32)(H,30,33). The molecular formula is C24H23ClF3N3O3S. The van der Waals surface area contributed by atoms with E-state index in [1.54, 1.807) is 12.1 Å². The molecule has 0 bridgehead atoms. The van der Waals surface area contributed by atoms with Crippen molar-refractivity contribution in [3.63, 3.8) is 0 Å². The van der Waals surface area contributed by atoms with Crippen LogP contribution in [0.5, 0.6) is 0 Å². The number of hydrogen-bond acceptors (Lipinski definition) is 3. The largest absolute Gasteiger partial charge is 0.348 e. The molecule has 6 nitrogen and oxygen atoms in total. The summed E-state index contributed by atoms with van der Waals surface area (Å²) in [6.45, 7) is -0.578. The second-order valence-electron chi connectivity index (χ2n) is 8.87. The van der Waals surface area contributed by atoms with Gasteiger partial charge in [-0.15, -0.1) is 11.6 Å². The lowest BCUT2D eigenvalue weighted by atomic mass is 10.0. The minimum absolute atomic E-state index is 0.0828. The van der Waals surface area contributed by atoms with Crippen LogP contribution in [0.3, 0.4) is 0 Å². The van der Waals surface area contributed by atoms with Crippen molar-refractivity contribution in [2.24, 2.45) is 5.92 Å². The highest BCUT2D eigenvalue weighted by Gasteiger charge is 2.47. The summed E-state index contributed by atoms with van der Waals surface area (Å²) in [4.78, 5) is 36.8. The van der Waals surface area contributed by atoms with Gasteiger partial charge in [-0.2, -0.15) is 0 Å². The van der Waals surface area contributed by atoms with E-state index in [4.69, 9.17) is 11.6 Å². The Morgan fingerprint density at radius 1 is 1.34 bits per heavy atom. The van der Waals surface area contributed by atoms with Crippen LogP contribution in [0, 0.1) is 23.6 Å². The van der Waals surface area contributed by atoms with E-state index in [9.17, 15) is 27.6 Å². The molecule has 1 saturated heterocycles. The number of aromatic nitrogens is 1. The van der Waals surface area contributed by atoms with Gasteiger partial charge in [-0.25, -0.2) is 23.2 Å². The van der Waals surface area contributed by atoms with Crippen LogP contribution in [0.15, 0.2) is 35.3 Å². The topological polar surface area (TPSA) is 80.2 Å². The van der Waals surface area contributed by atoms with Crippen LogP contribution in [0.2, 0.25) is 0 Å². The highest BCUT2D eigenvalue weighted by Crippen LogP contribution is 2.62. The van der Waals surface area contributed by atoms with Gasteiger partial charge >= 0.3 is 0 Å². The smallest absolute Gasteiger partial charge is 0.286 e. The molecule has 0 radical (unpaired) electrons. The number of carbonyl (C=O) groups excluding carboxylic acids is 2. The lowest BCUT2D eigenvalue weighted by Gasteiger charge is -2.35. The second kappa shape index (κ2) is 9.63. The molecule has 4 rings (SSSR count). The van der Waals surface area contributed by atoms with Gasteiger partial charge in [0.2, 0.25) is 5.91 Å². The van der Waals surface area contributed by atoms with Crippen LogP contribution in [-0.4, -0.2) is 45.3 Å². The maximum atomic E-state index is 14.0. The highest BCUT2D eigenvalue weighted by molar-refractivity contribution is 8.35. The van der Waals surface area contributed by atoms with Gasteiger partial charge in [0, 0.05) is 35.9 Å².